The van der Waals surface area contributed by atoms with Gasteiger partial charge >= 0.3 is 6.61 Å². The van der Waals surface area contributed by atoms with Crippen LogP contribution in [0.15, 0.2) is 41.3 Å². The summed E-state index contributed by atoms with van der Waals surface area (Å²) >= 11 is 0. The smallest absolute Gasteiger partial charge is 0.387 e. The van der Waals surface area contributed by atoms with E-state index in [1.54, 1.807) is 35.5 Å². The molecule has 3 rings (SSSR count). The van der Waals surface area contributed by atoms with E-state index in [2.05, 4.69) is 10.1 Å². The highest BCUT2D eigenvalue weighted by atomic mass is 32.2. The zero-order chi connectivity index (χ0) is 21.7. The van der Waals surface area contributed by atoms with Gasteiger partial charge in [0.2, 0.25) is 10.0 Å². The van der Waals surface area contributed by atoms with E-state index in [1.165, 1.54) is 13.2 Å². The number of nitrogens with one attached hydrogen (secondary N) is 1. The van der Waals surface area contributed by atoms with E-state index in [0.29, 0.717) is 35.8 Å². The van der Waals surface area contributed by atoms with Crippen molar-refractivity contribution in [3.8, 4) is 11.5 Å². The Balaban J connectivity index is 1.76. The average Bonchev–Trinajstić information content (AvgIpc) is 2.74. The predicted octanol–water partition coefficient (Wildman–Crippen LogP) is 4.39. The summed E-state index contributed by atoms with van der Waals surface area (Å²) in [6.07, 6.45) is 2.81. The number of nitrogens with zero attached hydrogens (tertiary/aromatic N) is 1. The lowest BCUT2D eigenvalue weighted by Crippen LogP contribution is -2.36. The van der Waals surface area contributed by atoms with Crippen LogP contribution in [0.4, 0.5) is 14.5 Å². The van der Waals surface area contributed by atoms with E-state index >= 15 is 0 Å². The second-order valence-corrected chi connectivity index (χ2v) is 9.07. The molecule has 1 N–H and O–H groups in total. The van der Waals surface area contributed by atoms with Crippen molar-refractivity contribution < 1.29 is 26.7 Å². The number of ether oxygens (including phenoxy) is 2. The van der Waals surface area contributed by atoms with Crippen molar-refractivity contribution in [1.82, 2.24) is 4.31 Å². The van der Waals surface area contributed by atoms with Crippen LogP contribution in [-0.2, 0) is 16.6 Å². The van der Waals surface area contributed by atoms with Crippen molar-refractivity contribution in [3.05, 3.63) is 47.5 Å². The minimum atomic E-state index is -3.54. The molecule has 2 aromatic carbocycles. The van der Waals surface area contributed by atoms with Crippen molar-refractivity contribution in [2.75, 3.05) is 25.5 Å². The second-order valence-electron chi connectivity index (χ2n) is 7.16. The number of halogens is 2. The predicted molar refractivity (Wildman–Crippen MR) is 111 cm³/mol. The molecule has 0 aliphatic carbocycles. The van der Waals surface area contributed by atoms with Gasteiger partial charge in [-0.25, -0.2) is 8.42 Å². The number of piperidine rings is 1. The third-order valence-electron chi connectivity index (χ3n) is 5.06. The molecule has 0 radical (unpaired) electrons. The van der Waals surface area contributed by atoms with Crippen LogP contribution < -0.4 is 14.8 Å². The summed E-state index contributed by atoms with van der Waals surface area (Å²) in [5, 5.41) is 3.19. The molecule has 164 valence electrons. The van der Waals surface area contributed by atoms with E-state index in [4.69, 9.17) is 4.74 Å². The largest absolute Gasteiger partial charge is 0.493 e. The Labute approximate surface area is 175 Å². The van der Waals surface area contributed by atoms with Crippen LogP contribution in [0, 0.1) is 6.92 Å². The van der Waals surface area contributed by atoms with E-state index < -0.39 is 16.6 Å². The maximum absolute atomic E-state index is 13.1. The molecular weight excluding hydrogens is 414 g/mol. The number of rotatable bonds is 8. The zero-order valence-corrected chi connectivity index (χ0v) is 17.8. The number of hydrogen-bond donors (Lipinski definition) is 1. The molecule has 1 fully saturated rings. The molecule has 2 aromatic rings. The monoisotopic (exact) mass is 440 g/mol. The number of hydrogen-bond acceptors (Lipinski definition) is 5. The minimum Gasteiger partial charge on any atom is -0.493 e. The maximum atomic E-state index is 13.1. The van der Waals surface area contributed by atoms with Crippen molar-refractivity contribution in [2.45, 2.75) is 44.2 Å². The van der Waals surface area contributed by atoms with Gasteiger partial charge in [0.1, 0.15) is 0 Å². The van der Waals surface area contributed by atoms with E-state index in [1.807, 2.05) is 6.07 Å². The topological polar surface area (TPSA) is 67.9 Å². The fraction of sp³-hybridized carbons (Fsp3) is 0.429. The molecule has 9 heteroatoms. The van der Waals surface area contributed by atoms with Crippen molar-refractivity contribution >= 4 is 15.7 Å². The standard InChI is InChI=1S/C21H26F2N2O4S/c1-15-6-8-17(13-20(15)30(26,27)25-10-4-3-5-11-25)24-14-16-7-9-18(29-21(22)23)19(12-16)28-2/h6-9,12-13,21,24H,3-5,10-11,14H2,1-2H3. The number of alkyl halides is 2. The van der Waals surface area contributed by atoms with Gasteiger partial charge in [-0.05, 0) is 55.2 Å². The summed E-state index contributed by atoms with van der Waals surface area (Å²) in [7, 11) is -2.16. The van der Waals surface area contributed by atoms with E-state index in [9.17, 15) is 17.2 Å². The Morgan fingerprint density at radius 3 is 2.47 bits per heavy atom. The molecule has 30 heavy (non-hydrogen) atoms. The molecule has 0 unspecified atom stereocenters. The van der Waals surface area contributed by atoms with Crippen LogP contribution in [0.2, 0.25) is 0 Å². The van der Waals surface area contributed by atoms with Gasteiger partial charge in [-0.3, -0.25) is 0 Å². The first-order valence-electron chi connectivity index (χ1n) is 9.77. The first-order valence-corrected chi connectivity index (χ1v) is 11.2. The quantitative estimate of drug-likeness (QED) is 0.659. The molecule has 1 saturated heterocycles. The van der Waals surface area contributed by atoms with E-state index in [-0.39, 0.29) is 11.5 Å². The van der Waals surface area contributed by atoms with Crippen LogP contribution in [0.5, 0.6) is 11.5 Å². The molecule has 0 spiro atoms. The number of anilines is 1. The van der Waals surface area contributed by atoms with Crippen LogP contribution in [0.25, 0.3) is 0 Å². The third kappa shape index (κ3) is 5.20. The van der Waals surface area contributed by atoms with Gasteiger partial charge in [-0.2, -0.15) is 13.1 Å². The van der Waals surface area contributed by atoms with Crippen LogP contribution in [0.3, 0.4) is 0 Å². The van der Waals surface area contributed by atoms with Crippen molar-refractivity contribution in [2.24, 2.45) is 0 Å². The van der Waals surface area contributed by atoms with E-state index in [0.717, 1.165) is 24.8 Å². The maximum Gasteiger partial charge on any atom is 0.387 e. The molecule has 0 atom stereocenters. The highest BCUT2D eigenvalue weighted by Crippen LogP contribution is 2.30. The van der Waals surface area contributed by atoms with Crippen molar-refractivity contribution in [3.63, 3.8) is 0 Å². The average molecular weight is 441 g/mol. The van der Waals surface area contributed by atoms with Gasteiger partial charge in [0.05, 0.1) is 12.0 Å². The fourth-order valence-electron chi connectivity index (χ4n) is 3.45. The number of benzene rings is 2. The van der Waals surface area contributed by atoms with Gasteiger partial charge in [0.15, 0.2) is 11.5 Å². The SMILES string of the molecule is COc1cc(CNc2ccc(C)c(S(=O)(=O)N3CCCCC3)c2)ccc1OC(F)F. The Morgan fingerprint density at radius 1 is 1.07 bits per heavy atom. The van der Waals surface area contributed by atoms with Crippen LogP contribution in [-0.4, -0.2) is 39.5 Å². The molecule has 1 aliphatic heterocycles. The van der Waals surface area contributed by atoms with Gasteiger partial charge < -0.3 is 14.8 Å². The highest BCUT2D eigenvalue weighted by Gasteiger charge is 2.27. The second kappa shape index (κ2) is 9.61. The summed E-state index contributed by atoms with van der Waals surface area (Å²) in [6, 6.07) is 9.90. The first-order chi connectivity index (χ1) is 14.3. The lowest BCUT2D eigenvalue weighted by molar-refractivity contribution is -0.0512. The Kier molecular flexibility index (Phi) is 7.14. The molecule has 6 nitrogen and oxygen atoms in total. The summed E-state index contributed by atoms with van der Waals surface area (Å²) < 4.78 is 62.1. The Morgan fingerprint density at radius 2 is 1.80 bits per heavy atom. The third-order valence-corrected chi connectivity index (χ3v) is 7.10. The molecule has 0 aromatic heterocycles. The van der Waals surface area contributed by atoms with Gasteiger partial charge in [-0.1, -0.05) is 18.6 Å². The zero-order valence-electron chi connectivity index (χ0n) is 17.0. The molecular formula is C21H26F2N2O4S. The van der Waals surface area contributed by atoms with Gasteiger partial charge in [-0.15, -0.1) is 0 Å². The van der Waals surface area contributed by atoms with Crippen LogP contribution in [0.1, 0.15) is 30.4 Å². The summed E-state index contributed by atoms with van der Waals surface area (Å²) in [5.74, 6) is 0.161. The number of aryl methyl sites for hydroxylation is 1. The molecule has 0 saturated carbocycles. The van der Waals surface area contributed by atoms with Gasteiger partial charge in [0.25, 0.3) is 0 Å². The number of methoxy groups -OCH3 is 1. The minimum absolute atomic E-state index is 0.0403. The lowest BCUT2D eigenvalue weighted by atomic mass is 10.2. The van der Waals surface area contributed by atoms with Crippen molar-refractivity contribution in [1.29, 1.82) is 0 Å². The number of sulfonamides is 1. The Hall–Kier alpha value is -2.39. The molecule has 1 aliphatic rings. The summed E-state index contributed by atoms with van der Waals surface area (Å²) in [5.41, 5.74) is 2.12. The molecule has 0 bridgehead atoms. The first kappa shape index (κ1) is 22.3. The highest BCUT2D eigenvalue weighted by molar-refractivity contribution is 7.89. The summed E-state index contributed by atoms with van der Waals surface area (Å²) in [4.78, 5) is 0.299. The van der Waals surface area contributed by atoms with Crippen LogP contribution >= 0.6 is 0 Å². The molecule has 1 heterocycles. The normalized spacial score (nSPS) is 15.2. The Bertz CT molecular complexity index is 977. The lowest BCUT2D eigenvalue weighted by Gasteiger charge is -2.26. The fourth-order valence-corrected chi connectivity index (χ4v) is 5.22. The van der Waals surface area contributed by atoms with Gasteiger partial charge in [0, 0.05) is 25.3 Å². The summed E-state index contributed by atoms with van der Waals surface area (Å²) in [6.45, 7) is 0.305. The molecule has 0 amide bonds.